The highest BCUT2D eigenvalue weighted by molar-refractivity contribution is 6.26. The molecule has 30 aromatic rings. The third-order valence-electron chi connectivity index (χ3n) is 26.5. The van der Waals surface area contributed by atoms with Gasteiger partial charge >= 0.3 is 0 Å². The van der Waals surface area contributed by atoms with Crippen LogP contribution in [0.15, 0.2) is 452 Å². The molecule has 0 radical (unpaired) electrons. The maximum atomic E-state index is 6.58. The fraction of sp³-hybridized carbons (Fsp3) is 0. The van der Waals surface area contributed by atoms with Gasteiger partial charge in [0.2, 0.25) is 0 Å². The first-order chi connectivity index (χ1) is 71.3. The maximum Gasteiger partial charge on any atom is 0.165 e. The summed E-state index contributed by atoms with van der Waals surface area (Å²) < 4.78 is 38.4. The summed E-state index contributed by atoms with van der Waals surface area (Å²) in [6, 6.07) is 133. The zero-order valence-corrected chi connectivity index (χ0v) is 76.1. The van der Waals surface area contributed by atoms with Gasteiger partial charge in [-0.1, -0.05) is 297 Å². The number of para-hydroxylation sites is 6. The van der Waals surface area contributed by atoms with Crippen LogP contribution in [0.1, 0.15) is 0 Å². The first-order valence-corrected chi connectivity index (χ1v) is 47.1. The molecular formula is C124H70N14O6. The summed E-state index contributed by atoms with van der Waals surface area (Å²) in [5, 5.41) is 14.9. The van der Waals surface area contributed by atoms with Crippen LogP contribution >= 0.6 is 0 Å². The Morgan fingerprint density at radius 1 is 0.139 bits per heavy atom. The minimum Gasteiger partial charge on any atom is -0.456 e. The second-order valence-electron chi connectivity index (χ2n) is 35.3. The largest absolute Gasteiger partial charge is 0.456 e. The van der Waals surface area contributed by atoms with E-state index in [4.69, 9.17) is 86.3 Å². The van der Waals surface area contributed by atoms with E-state index in [2.05, 4.69) is 131 Å². The van der Waals surface area contributed by atoms with E-state index in [9.17, 15) is 0 Å². The summed E-state index contributed by atoms with van der Waals surface area (Å²) in [4.78, 5) is 68.4. The lowest BCUT2D eigenvalue weighted by Gasteiger charge is -2.10. The van der Waals surface area contributed by atoms with Crippen LogP contribution in [0.3, 0.4) is 0 Å². The molecule has 0 amide bonds. The quantitative estimate of drug-likeness (QED) is 0.110. The Kier molecular flexibility index (Phi) is 19.4. The van der Waals surface area contributed by atoms with Gasteiger partial charge < -0.3 is 26.5 Å². The van der Waals surface area contributed by atoms with Crippen LogP contribution in [-0.4, -0.2) is 69.8 Å². The molecule has 0 aliphatic rings. The third-order valence-corrected chi connectivity index (χ3v) is 26.5. The van der Waals surface area contributed by atoms with Gasteiger partial charge in [-0.25, -0.2) is 59.8 Å². The number of aromatic nitrogens is 14. The molecule has 0 spiro atoms. The van der Waals surface area contributed by atoms with Gasteiger partial charge in [0.15, 0.2) is 52.4 Å². The predicted octanol–water partition coefficient (Wildman–Crippen LogP) is 31.4. The fourth-order valence-corrected chi connectivity index (χ4v) is 19.7. The number of benzene rings is 16. The Balaban J connectivity index is 0.000000105. The topological polar surface area (TPSA) is 259 Å². The Hall–Kier alpha value is -20.1. The molecule has 144 heavy (non-hydrogen) atoms. The van der Waals surface area contributed by atoms with Crippen LogP contribution in [0.2, 0.25) is 0 Å². The van der Waals surface area contributed by atoms with E-state index in [0.29, 0.717) is 52.4 Å². The zero-order chi connectivity index (χ0) is 94.8. The highest BCUT2D eigenvalue weighted by atomic mass is 16.4. The van der Waals surface area contributed by atoms with E-state index in [1.54, 1.807) is 24.8 Å². The van der Waals surface area contributed by atoms with Crippen molar-refractivity contribution in [1.29, 1.82) is 0 Å². The molecule has 0 fully saturated rings. The zero-order valence-electron chi connectivity index (χ0n) is 76.1. The molecule has 14 heterocycles. The summed E-state index contributed by atoms with van der Waals surface area (Å²) in [7, 11) is 0. The number of pyridine rings is 5. The van der Waals surface area contributed by atoms with Gasteiger partial charge in [0.1, 0.15) is 67.0 Å². The minimum atomic E-state index is 0.539. The Bertz CT molecular complexity index is 9790. The van der Waals surface area contributed by atoms with Crippen LogP contribution in [0.4, 0.5) is 0 Å². The summed E-state index contributed by atoms with van der Waals surface area (Å²) in [6.45, 7) is 0. The Labute approximate surface area is 816 Å². The van der Waals surface area contributed by atoms with Crippen LogP contribution in [-0.2, 0) is 0 Å². The van der Waals surface area contributed by atoms with Crippen molar-refractivity contribution in [2.24, 2.45) is 0 Å². The van der Waals surface area contributed by atoms with E-state index in [1.807, 2.05) is 279 Å². The number of rotatable bonds is 12. The summed E-state index contributed by atoms with van der Waals surface area (Å²) in [6.07, 6.45) is 6.96. The molecule has 20 nitrogen and oxygen atoms in total. The van der Waals surface area contributed by atoms with E-state index in [-0.39, 0.29) is 0 Å². The lowest BCUT2D eigenvalue weighted by molar-refractivity contribution is 0.666. The van der Waals surface area contributed by atoms with Crippen molar-refractivity contribution < 1.29 is 26.5 Å². The fourth-order valence-electron chi connectivity index (χ4n) is 19.7. The number of nitrogens with zero attached hydrogens (tertiary/aromatic N) is 14. The molecule has 0 aliphatic heterocycles. The predicted molar refractivity (Wildman–Crippen MR) is 570 cm³/mol. The van der Waals surface area contributed by atoms with Gasteiger partial charge in [0.05, 0.1) is 49.8 Å². The number of fused-ring (bicyclic) bond motifs is 24. The molecule has 0 atom stereocenters. The van der Waals surface area contributed by atoms with E-state index < -0.39 is 0 Å². The van der Waals surface area contributed by atoms with E-state index in [1.165, 1.54) is 0 Å². The number of furan rings is 6. The molecule has 16 aromatic carbocycles. The maximum absolute atomic E-state index is 6.58. The molecule has 0 saturated heterocycles. The van der Waals surface area contributed by atoms with Crippen molar-refractivity contribution in [3.63, 3.8) is 0 Å². The molecule has 30 rings (SSSR count). The molecule has 672 valence electrons. The average molecular weight is 1850 g/mol. The van der Waals surface area contributed by atoms with Crippen molar-refractivity contribution in [3.8, 4) is 136 Å². The molecule has 14 aromatic heterocycles. The van der Waals surface area contributed by atoms with Gasteiger partial charge in [-0.05, 0) is 103 Å². The second-order valence-corrected chi connectivity index (χ2v) is 35.3. The van der Waals surface area contributed by atoms with Crippen molar-refractivity contribution in [2.45, 2.75) is 0 Å². The summed E-state index contributed by atoms with van der Waals surface area (Å²) in [5.74, 6) is 5.32. The van der Waals surface area contributed by atoms with Gasteiger partial charge in [-0.15, -0.1) is 0 Å². The number of hydrogen-bond donors (Lipinski definition) is 0. The molecule has 0 saturated carbocycles. The molecule has 0 N–H and O–H groups in total. The standard InChI is InChI=1S/2C42H24N4O2.C40H22N6O2/c1-3-12-25(13-4-1)40-44-41(26-14-5-2-6-15-26)46-42(45-40)28-17-11-16-27(22-28)38-37-30-19-8-10-21-35(30)48-39(37)32-24-36-31(23-33(32)43-38)29-18-7-9-20-34(29)47-36;1-3-11-26(12-4-1)40-44-41(27-13-5-2-6-14-27)46-42(45-40)28-21-19-25(20-22-28)38-37-30-16-8-10-18-35(30)48-39(37)32-24-36-31(23-33(32)43-38)29-15-7-9-17-34(29)47-36;1-3-11-32-27(9-1)29-19-31-30(20-34(29)47-32)37-35(28-10-2-4-12-33(28)48-37)36(43-31)23-13-15-24(16-14-23)38-44-39(25-7-5-17-41-21-25)46-40(45-38)26-8-6-18-42-22-26/h2*1-24H;1-22H. The van der Waals surface area contributed by atoms with Crippen molar-refractivity contribution in [1.82, 2.24) is 69.8 Å². The first-order valence-electron chi connectivity index (χ1n) is 47.1. The van der Waals surface area contributed by atoms with Crippen LogP contribution in [0.25, 0.3) is 301 Å². The Morgan fingerprint density at radius 3 is 0.681 bits per heavy atom. The van der Waals surface area contributed by atoms with E-state index in [0.717, 1.165) is 248 Å². The van der Waals surface area contributed by atoms with Crippen molar-refractivity contribution >= 4 is 164 Å². The smallest absolute Gasteiger partial charge is 0.165 e. The van der Waals surface area contributed by atoms with Crippen LogP contribution < -0.4 is 0 Å². The number of hydrogen-bond acceptors (Lipinski definition) is 20. The summed E-state index contributed by atoms with van der Waals surface area (Å²) in [5.41, 5.74) is 25.5. The SMILES string of the molecule is c1ccc(-c2nc(-c3ccccc3)nc(-c3ccc(-c4nc5cc6c(cc5c5oc7ccccc7c45)oc4ccccc46)cc3)n2)cc1.c1ccc(-c2nc(-c3ccccc3)nc(-c3cccc(-c4nc5cc6c(cc5c5oc7ccccc7c45)oc4ccccc46)c3)n2)cc1.c1cncc(-c2nc(-c3ccc(-c4nc5cc6c(cc5c5oc7ccccc7c45)oc4ccccc46)cc3)nc(-c3cccnc3)n2)c1. The lowest BCUT2D eigenvalue weighted by Crippen LogP contribution is -2.00. The summed E-state index contributed by atoms with van der Waals surface area (Å²) >= 11 is 0. The minimum absolute atomic E-state index is 0.539. The highest BCUT2D eigenvalue weighted by Crippen LogP contribution is 2.48. The normalized spacial score (nSPS) is 11.8. The average Bonchev–Trinajstić information content (AvgIpc) is 1.57. The second kappa shape index (κ2) is 33.9. The molecule has 0 unspecified atom stereocenters. The molecule has 0 aliphatic carbocycles. The van der Waals surface area contributed by atoms with Crippen LogP contribution in [0, 0.1) is 0 Å². The van der Waals surface area contributed by atoms with Crippen LogP contribution in [0.5, 0.6) is 0 Å². The van der Waals surface area contributed by atoms with Crippen molar-refractivity contribution in [3.05, 3.63) is 425 Å². The first kappa shape index (κ1) is 82.2. The third kappa shape index (κ3) is 14.4. The Morgan fingerprint density at radius 2 is 0.375 bits per heavy atom. The monoisotopic (exact) mass is 1850 g/mol. The van der Waals surface area contributed by atoms with Gasteiger partial charge in [-0.2, -0.15) is 0 Å². The molecular weight excluding hydrogens is 1780 g/mol. The highest BCUT2D eigenvalue weighted by Gasteiger charge is 2.27. The van der Waals surface area contributed by atoms with Gasteiger partial charge in [0, 0.05) is 156 Å². The van der Waals surface area contributed by atoms with Gasteiger partial charge in [-0.3, -0.25) is 9.97 Å². The van der Waals surface area contributed by atoms with Crippen molar-refractivity contribution in [2.75, 3.05) is 0 Å². The molecule has 0 bridgehead atoms. The molecule has 20 heteroatoms. The van der Waals surface area contributed by atoms with Gasteiger partial charge in [0.25, 0.3) is 0 Å². The lowest BCUT2D eigenvalue weighted by atomic mass is 10.00. The van der Waals surface area contributed by atoms with E-state index >= 15 is 0 Å².